The number of carbonyl (C=O) groups is 2. The Hall–Kier alpha value is -1.99. The molecule has 1 aromatic rings. The molecule has 7 heteroatoms. The highest BCUT2D eigenvalue weighted by Gasteiger charge is 2.13. The molecule has 0 saturated carbocycles. The number of nitrogens with zero attached hydrogens (tertiary/aromatic N) is 2. The summed E-state index contributed by atoms with van der Waals surface area (Å²) in [6.07, 6.45) is 2.35. The summed E-state index contributed by atoms with van der Waals surface area (Å²) in [4.78, 5) is 30.3. The average molecular weight is 320 g/mol. The third kappa shape index (κ3) is 5.61. The molecule has 0 aromatic carbocycles. The molecular formula is C16H24N4O3. The van der Waals surface area contributed by atoms with Gasteiger partial charge in [0.25, 0.3) is 11.8 Å². The number of hydrogen-bond donors (Lipinski definition) is 2. The summed E-state index contributed by atoms with van der Waals surface area (Å²) < 4.78 is 5.28. The number of carbonyl (C=O) groups excluding carboxylic acids is 2. The molecule has 0 unspecified atom stereocenters. The number of ether oxygens (including phenoxy) is 1. The van der Waals surface area contributed by atoms with Gasteiger partial charge in [-0.05, 0) is 18.6 Å². The van der Waals surface area contributed by atoms with Gasteiger partial charge in [-0.25, -0.2) is 0 Å². The van der Waals surface area contributed by atoms with Gasteiger partial charge in [-0.15, -0.1) is 0 Å². The molecule has 0 spiro atoms. The number of hydrogen-bond acceptors (Lipinski definition) is 5. The van der Waals surface area contributed by atoms with Crippen molar-refractivity contribution >= 4 is 11.8 Å². The highest BCUT2D eigenvalue weighted by Crippen LogP contribution is 2.02. The van der Waals surface area contributed by atoms with Crippen molar-refractivity contribution < 1.29 is 14.3 Å². The van der Waals surface area contributed by atoms with E-state index in [0.717, 1.165) is 39.3 Å². The predicted octanol–water partition coefficient (Wildman–Crippen LogP) is 0.283. The van der Waals surface area contributed by atoms with E-state index in [2.05, 4.69) is 20.5 Å². The van der Waals surface area contributed by atoms with Crippen molar-refractivity contribution in [1.29, 1.82) is 0 Å². The Balaban J connectivity index is 1.82. The number of rotatable bonds is 7. The molecule has 0 atom stereocenters. The first-order valence-corrected chi connectivity index (χ1v) is 8.03. The van der Waals surface area contributed by atoms with E-state index in [1.807, 2.05) is 6.92 Å². The number of morpholine rings is 1. The topological polar surface area (TPSA) is 83.6 Å². The van der Waals surface area contributed by atoms with E-state index in [4.69, 9.17) is 4.74 Å². The summed E-state index contributed by atoms with van der Waals surface area (Å²) in [5, 5.41) is 5.62. The highest BCUT2D eigenvalue weighted by atomic mass is 16.5. The zero-order valence-electron chi connectivity index (χ0n) is 13.5. The number of pyridine rings is 1. The molecule has 1 fully saturated rings. The fraction of sp³-hybridized carbons (Fsp3) is 0.562. The minimum Gasteiger partial charge on any atom is -0.379 e. The van der Waals surface area contributed by atoms with Crippen LogP contribution in [0.5, 0.6) is 0 Å². The Morgan fingerprint density at radius 1 is 1.22 bits per heavy atom. The second kappa shape index (κ2) is 9.22. The first-order chi connectivity index (χ1) is 11.2. The largest absolute Gasteiger partial charge is 0.379 e. The van der Waals surface area contributed by atoms with E-state index in [9.17, 15) is 9.59 Å². The molecule has 126 valence electrons. The van der Waals surface area contributed by atoms with Crippen LogP contribution in [0.4, 0.5) is 0 Å². The second-order valence-electron chi connectivity index (χ2n) is 5.40. The molecule has 1 aromatic heterocycles. The molecule has 1 saturated heterocycles. The van der Waals surface area contributed by atoms with Crippen LogP contribution in [0.25, 0.3) is 0 Å². The molecule has 1 aliphatic heterocycles. The van der Waals surface area contributed by atoms with Crippen molar-refractivity contribution in [2.75, 3.05) is 45.9 Å². The van der Waals surface area contributed by atoms with Crippen molar-refractivity contribution in [3.05, 3.63) is 29.6 Å². The molecule has 2 rings (SSSR count). The average Bonchev–Trinajstić information content (AvgIpc) is 2.60. The van der Waals surface area contributed by atoms with Crippen LogP contribution in [0, 0.1) is 0 Å². The van der Waals surface area contributed by atoms with Gasteiger partial charge in [0, 0.05) is 44.5 Å². The molecule has 1 aliphatic rings. The van der Waals surface area contributed by atoms with Crippen LogP contribution in [0.3, 0.4) is 0 Å². The summed E-state index contributed by atoms with van der Waals surface area (Å²) in [6.45, 7) is 7.19. The fourth-order valence-corrected chi connectivity index (χ4v) is 2.28. The zero-order chi connectivity index (χ0) is 16.5. The maximum atomic E-state index is 12.1. The second-order valence-corrected chi connectivity index (χ2v) is 5.40. The van der Waals surface area contributed by atoms with Gasteiger partial charge in [0.1, 0.15) is 5.69 Å². The third-order valence-electron chi connectivity index (χ3n) is 3.61. The molecule has 0 radical (unpaired) electrons. The van der Waals surface area contributed by atoms with Gasteiger partial charge < -0.3 is 15.4 Å². The quantitative estimate of drug-likeness (QED) is 0.754. The molecule has 7 nitrogen and oxygen atoms in total. The summed E-state index contributed by atoms with van der Waals surface area (Å²) in [5.74, 6) is -0.444. The van der Waals surface area contributed by atoms with Crippen molar-refractivity contribution in [1.82, 2.24) is 20.5 Å². The van der Waals surface area contributed by atoms with Gasteiger partial charge in [-0.2, -0.15) is 0 Å². The van der Waals surface area contributed by atoms with Crippen LogP contribution in [-0.4, -0.2) is 67.6 Å². The van der Waals surface area contributed by atoms with Crippen LogP contribution in [0.15, 0.2) is 18.3 Å². The van der Waals surface area contributed by atoms with Crippen molar-refractivity contribution in [3.8, 4) is 0 Å². The Morgan fingerprint density at radius 2 is 1.96 bits per heavy atom. The first-order valence-electron chi connectivity index (χ1n) is 8.03. The molecule has 23 heavy (non-hydrogen) atoms. The molecule has 0 bridgehead atoms. The summed E-state index contributed by atoms with van der Waals surface area (Å²) >= 11 is 0. The Labute approximate surface area is 136 Å². The summed E-state index contributed by atoms with van der Waals surface area (Å²) in [7, 11) is 0. The minimum absolute atomic E-state index is 0.184. The van der Waals surface area contributed by atoms with Crippen LogP contribution in [-0.2, 0) is 4.74 Å². The lowest BCUT2D eigenvalue weighted by Crippen LogP contribution is -2.41. The van der Waals surface area contributed by atoms with Crippen LogP contribution in [0.1, 0.15) is 34.2 Å². The van der Waals surface area contributed by atoms with Gasteiger partial charge >= 0.3 is 0 Å². The number of aromatic nitrogens is 1. The van der Waals surface area contributed by atoms with Crippen molar-refractivity contribution in [3.63, 3.8) is 0 Å². The maximum absolute atomic E-state index is 12.1. The molecular weight excluding hydrogens is 296 g/mol. The monoisotopic (exact) mass is 320 g/mol. The van der Waals surface area contributed by atoms with E-state index in [-0.39, 0.29) is 17.5 Å². The van der Waals surface area contributed by atoms with Gasteiger partial charge in [-0.1, -0.05) is 6.92 Å². The lowest BCUT2D eigenvalue weighted by molar-refractivity contribution is 0.0383. The Morgan fingerprint density at radius 3 is 2.70 bits per heavy atom. The van der Waals surface area contributed by atoms with Gasteiger partial charge in [-0.3, -0.25) is 19.5 Å². The SMILES string of the molecule is CCCNC(=O)c1ccnc(C(=O)NCCN2CCOCC2)c1. The van der Waals surface area contributed by atoms with Crippen LogP contribution >= 0.6 is 0 Å². The van der Waals surface area contributed by atoms with Gasteiger partial charge in [0.05, 0.1) is 13.2 Å². The van der Waals surface area contributed by atoms with E-state index in [1.54, 1.807) is 6.07 Å². The predicted molar refractivity (Wildman–Crippen MR) is 86.5 cm³/mol. The Bertz CT molecular complexity index is 530. The van der Waals surface area contributed by atoms with Crippen molar-refractivity contribution in [2.45, 2.75) is 13.3 Å². The molecule has 2 N–H and O–H groups in total. The Kier molecular flexibility index (Phi) is 6.96. The van der Waals surface area contributed by atoms with Crippen LogP contribution in [0.2, 0.25) is 0 Å². The number of amides is 2. The zero-order valence-corrected chi connectivity index (χ0v) is 13.5. The first kappa shape index (κ1) is 17.4. The fourth-order valence-electron chi connectivity index (χ4n) is 2.28. The summed E-state index contributed by atoms with van der Waals surface area (Å²) in [6, 6.07) is 3.13. The van der Waals surface area contributed by atoms with E-state index in [0.29, 0.717) is 18.7 Å². The normalized spacial score (nSPS) is 15.2. The number of nitrogens with one attached hydrogen (secondary N) is 2. The van der Waals surface area contributed by atoms with Crippen LogP contribution < -0.4 is 10.6 Å². The molecule has 2 heterocycles. The van der Waals surface area contributed by atoms with E-state index in [1.165, 1.54) is 12.3 Å². The minimum atomic E-state index is -0.261. The van der Waals surface area contributed by atoms with E-state index < -0.39 is 0 Å². The standard InChI is InChI=1S/C16H24N4O3/c1-2-4-18-15(21)13-3-5-17-14(12-13)16(22)19-6-7-20-8-10-23-11-9-20/h3,5,12H,2,4,6-11H2,1H3,(H,18,21)(H,19,22). The lowest BCUT2D eigenvalue weighted by Gasteiger charge is -2.26. The smallest absolute Gasteiger partial charge is 0.269 e. The van der Waals surface area contributed by atoms with Gasteiger partial charge in [0.15, 0.2) is 0 Å². The molecule has 0 aliphatic carbocycles. The third-order valence-corrected chi connectivity index (χ3v) is 3.61. The van der Waals surface area contributed by atoms with Gasteiger partial charge in [0.2, 0.25) is 0 Å². The lowest BCUT2D eigenvalue weighted by atomic mass is 10.2. The van der Waals surface area contributed by atoms with Crippen molar-refractivity contribution in [2.24, 2.45) is 0 Å². The summed E-state index contributed by atoms with van der Waals surface area (Å²) in [5.41, 5.74) is 0.711. The highest BCUT2D eigenvalue weighted by molar-refractivity contribution is 5.98. The van der Waals surface area contributed by atoms with E-state index >= 15 is 0 Å². The maximum Gasteiger partial charge on any atom is 0.269 e. The molecule has 2 amide bonds.